The van der Waals surface area contributed by atoms with E-state index in [1.807, 2.05) is 0 Å². The Hall–Kier alpha value is -3.05. The molecule has 0 amide bonds. The van der Waals surface area contributed by atoms with Gasteiger partial charge in [0.2, 0.25) is 0 Å². The highest BCUT2D eigenvalue weighted by Crippen LogP contribution is 2.25. The van der Waals surface area contributed by atoms with Gasteiger partial charge in [0.05, 0.1) is 11.3 Å². The highest BCUT2D eigenvalue weighted by Gasteiger charge is 2.15. The molecule has 5 nitrogen and oxygen atoms in total. The Kier molecular flexibility index (Phi) is 4.10. The molecule has 3 aromatic rings. The number of carbonyl (C=O) groups is 1. The minimum atomic E-state index is -0.469. The van der Waals surface area contributed by atoms with Gasteiger partial charge in [-0.2, -0.15) is 0 Å². The monoisotopic (exact) mass is 341 g/mol. The van der Waals surface area contributed by atoms with Crippen LogP contribution in [0.5, 0.6) is 11.5 Å². The molecule has 0 aliphatic heterocycles. The molecule has 0 spiro atoms. The molecule has 24 heavy (non-hydrogen) atoms. The quantitative estimate of drug-likeness (QED) is 0.717. The first-order valence-corrected chi connectivity index (χ1v) is 7.39. The molecule has 0 bridgehead atoms. The van der Waals surface area contributed by atoms with Crippen LogP contribution in [0.25, 0.3) is 5.69 Å². The molecule has 0 fully saturated rings. The van der Waals surface area contributed by atoms with Gasteiger partial charge in [-0.25, -0.2) is 0 Å². The smallest absolute Gasteiger partial charge is 0.255 e. The average molecular weight is 342 g/mol. The number of pyridine rings is 1. The lowest BCUT2D eigenvalue weighted by Gasteiger charge is -2.09. The largest absolute Gasteiger partial charge is 0.508 e. The van der Waals surface area contributed by atoms with Crippen LogP contribution in [0, 0.1) is 0 Å². The second-order valence-corrected chi connectivity index (χ2v) is 5.57. The molecule has 0 saturated heterocycles. The number of halogens is 1. The zero-order valence-electron chi connectivity index (χ0n) is 12.3. The van der Waals surface area contributed by atoms with E-state index in [9.17, 15) is 19.8 Å². The molecular weight excluding hydrogens is 330 g/mol. The number of ketones is 1. The van der Waals surface area contributed by atoms with E-state index in [4.69, 9.17) is 11.6 Å². The molecule has 3 rings (SSSR count). The summed E-state index contributed by atoms with van der Waals surface area (Å²) in [6.45, 7) is 0. The van der Waals surface area contributed by atoms with Crippen LogP contribution < -0.4 is 5.56 Å². The van der Waals surface area contributed by atoms with Gasteiger partial charge in [0.25, 0.3) is 5.56 Å². The van der Waals surface area contributed by atoms with Crippen molar-refractivity contribution in [3.63, 3.8) is 0 Å². The molecule has 0 unspecified atom stereocenters. The lowest BCUT2D eigenvalue weighted by molar-refractivity contribution is 0.103. The Morgan fingerprint density at radius 1 is 1.00 bits per heavy atom. The van der Waals surface area contributed by atoms with Crippen LogP contribution in [0.15, 0.2) is 65.6 Å². The molecular formula is C18H12ClNO4. The summed E-state index contributed by atoms with van der Waals surface area (Å²) < 4.78 is 1.30. The van der Waals surface area contributed by atoms with E-state index in [-0.39, 0.29) is 28.2 Å². The fraction of sp³-hybridized carbons (Fsp3) is 0. The predicted molar refractivity (Wildman–Crippen MR) is 90.3 cm³/mol. The number of hydrogen-bond donors (Lipinski definition) is 2. The topological polar surface area (TPSA) is 79.5 Å². The highest BCUT2D eigenvalue weighted by molar-refractivity contribution is 6.30. The molecule has 2 aromatic carbocycles. The Balaban J connectivity index is 2.08. The first-order chi connectivity index (χ1) is 11.5. The molecule has 0 aliphatic carbocycles. The number of hydrogen-bond acceptors (Lipinski definition) is 4. The normalized spacial score (nSPS) is 10.5. The summed E-state index contributed by atoms with van der Waals surface area (Å²) in [5.74, 6) is -0.947. The van der Waals surface area contributed by atoms with Crippen molar-refractivity contribution in [2.45, 2.75) is 0 Å². The molecule has 120 valence electrons. The average Bonchev–Trinajstić information content (AvgIpc) is 2.55. The zero-order valence-corrected chi connectivity index (χ0v) is 13.1. The van der Waals surface area contributed by atoms with Crippen molar-refractivity contribution in [2.75, 3.05) is 0 Å². The second-order valence-electron chi connectivity index (χ2n) is 5.14. The highest BCUT2D eigenvalue weighted by atomic mass is 35.5. The van der Waals surface area contributed by atoms with Gasteiger partial charge < -0.3 is 10.2 Å². The van der Waals surface area contributed by atoms with Crippen molar-refractivity contribution >= 4 is 17.4 Å². The standard InChI is InChI=1S/C18H12ClNO4/c19-12-2-1-3-13(8-12)20-10-11(4-7-17(20)23)18(24)15-6-5-14(21)9-16(15)22/h1-10,21-22H. The first-order valence-electron chi connectivity index (χ1n) is 7.01. The van der Waals surface area contributed by atoms with Gasteiger partial charge in [0.1, 0.15) is 11.5 Å². The molecule has 0 atom stereocenters. The van der Waals surface area contributed by atoms with Gasteiger partial charge in [-0.05, 0) is 36.4 Å². The van der Waals surface area contributed by atoms with Crippen molar-refractivity contribution in [1.82, 2.24) is 4.57 Å². The summed E-state index contributed by atoms with van der Waals surface area (Å²) in [6.07, 6.45) is 1.39. The van der Waals surface area contributed by atoms with Crippen molar-refractivity contribution < 1.29 is 15.0 Å². The van der Waals surface area contributed by atoms with Crippen LogP contribution in [-0.2, 0) is 0 Å². The number of phenolic OH excluding ortho intramolecular Hbond substituents is 2. The third kappa shape index (κ3) is 3.02. The molecule has 1 heterocycles. The van der Waals surface area contributed by atoms with Crippen molar-refractivity contribution in [3.05, 3.63) is 87.3 Å². The van der Waals surface area contributed by atoms with Gasteiger partial charge in [-0.1, -0.05) is 17.7 Å². The lowest BCUT2D eigenvalue weighted by atomic mass is 10.0. The van der Waals surface area contributed by atoms with Crippen LogP contribution >= 0.6 is 11.6 Å². The van der Waals surface area contributed by atoms with E-state index < -0.39 is 5.78 Å². The van der Waals surface area contributed by atoms with Crippen molar-refractivity contribution in [3.8, 4) is 17.2 Å². The maximum absolute atomic E-state index is 12.6. The molecule has 2 N–H and O–H groups in total. The molecule has 0 aliphatic rings. The molecule has 0 radical (unpaired) electrons. The van der Waals surface area contributed by atoms with Gasteiger partial charge in [-0.15, -0.1) is 0 Å². The summed E-state index contributed by atoms with van der Waals surface area (Å²) in [7, 11) is 0. The summed E-state index contributed by atoms with van der Waals surface area (Å²) in [4.78, 5) is 24.6. The predicted octanol–water partition coefficient (Wildman–Crippen LogP) is 3.13. The van der Waals surface area contributed by atoms with E-state index in [0.717, 1.165) is 6.07 Å². The van der Waals surface area contributed by atoms with E-state index >= 15 is 0 Å². The van der Waals surface area contributed by atoms with Crippen LogP contribution in [-0.4, -0.2) is 20.6 Å². The molecule has 1 aromatic heterocycles. The van der Waals surface area contributed by atoms with Crippen molar-refractivity contribution in [1.29, 1.82) is 0 Å². The van der Waals surface area contributed by atoms with E-state index in [2.05, 4.69) is 0 Å². The third-order valence-electron chi connectivity index (χ3n) is 3.49. The zero-order chi connectivity index (χ0) is 17.3. The minimum Gasteiger partial charge on any atom is -0.508 e. The van der Waals surface area contributed by atoms with E-state index in [1.54, 1.807) is 24.3 Å². The number of rotatable bonds is 3. The van der Waals surface area contributed by atoms with Crippen LogP contribution in [0.3, 0.4) is 0 Å². The second kappa shape index (κ2) is 6.22. The number of aromatic hydroxyl groups is 2. The maximum atomic E-state index is 12.6. The number of phenols is 2. The van der Waals surface area contributed by atoms with Gasteiger partial charge in [-0.3, -0.25) is 14.2 Å². The maximum Gasteiger partial charge on any atom is 0.255 e. The Bertz CT molecular complexity index is 994. The Morgan fingerprint density at radius 3 is 2.50 bits per heavy atom. The minimum absolute atomic E-state index is 0.0316. The number of nitrogens with zero attached hydrogens (tertiary/aromatic N) is 1. The Labute approximate surface area is 142 Å². The SMILES string of the molecule is O=C(c1ccc(=O)n(-c2cccc(Cl)c2)c1)c1ccc(O)cc1O. The number of aromatic nitrogens is 1. The summed E-state index contributed by atoms with van der Waals surface area (Å²) in [6, 6.07) is 13.0. The first kappa shape index (κ1) is 15.8. The van der Waals surface area contributed by atoms with Crippen LogP contribution in [0.4, 0.5) is 0 Å². The fourth-order valence-corrected chi connectivity index (χ4v) is 2.50. The van der Waals surface area contributed by atoms with Gasteiger partial charge in [0.15, 0.2) is 5.78 Å². The van der Waals surface area contributed by atoms with Crippen molar-refractivity contribution in [2.24, 2.45) is 0 Å². The Morgan fingerprint density at radius 2 is 1.79 bits per heavy atom. The van der Waals surface area contributed by atoms with Crippen LogP contribution in [0.2, 0.25) is 5.02 Å². The van der Waals surface area contributed by atoms with E-state index in [1.165, 1.54) is 35.0 Å². The summed E-state index contributed by atoms with van der Waals surface area (Å²) in [5, 5.41) is 19.6. The van der Waals surface area contributed by atoms with Gasteiger partial charge >= 0.3 is 0 Å². The van der Waals surface area contributed by atoms with Gasteiger partial charge in [0, 0.05) is 28.9 Å². The summed E-state index contributed by atoms with van der Waals surface area (Å²) >= 11 is 5.94. The third-order valence-corrected chi connectivity index (χ3v) is 3.72. The molecule has 0 saturated carbocycles. The van der Waals surface area contributed by atoms with E-state index in [0.29, 0.717) is 10.7 Å². The summed E-state index contributed by atoms with van der Waals surface area (Å²) in [5.41, 5.74) is 0.459. The lowest BCUT2D eigenvalue weighted by Crippen LogP contribution is -2.18. The fourth-order valence-electron chi connectivity index (χ4n) is 2.32. The van der Waals surface area contributed by atoms with Crippen LogP contribution in [0.1, 0.15) is 15.9 Å². The number of benzene rings is 2. The number of carbonyl (C=O) groups excluding carboxylic acids is 1. The molecule has 6 heteroatoms.